The summed E-state index contributed by atoms with van der Waals surface area (Å²) in [5.74, 6) is 1.73. The van der Waals surface area contributed by atoms with E-state index in [0.29, 0.717) is 5.92 Å². The van der Waals surface area contributed by atoms with Gasteiger partial charge in [0.05, 0.1) is 5.69 Å². The van der Waals surface area contributed by atoms with Crippen molar-refractivity contribution in [3.8, 4) is 0 Å². The number of hydrogen-bond acceptors (Lipinski definition) is 1. The summed E-state index contributed by atoms with van der Waals surface area (Å²) in [6.45, 7) is 2.16. The Balaban J connectivity index is 2.29. The molecule has 1 radical (unpaired) electrons. The SMILES string of the molecule is CC1C[C]1c1ccc(F)c(N)c1. The smallest absolute Gasteiger partial charge is 0.146 e. The third-order valence-electron chi connectivity index (χ3n) is 2.33. The molecule has 0 bridgehead atoms. The highest BCUT2D eigenvalue weighted by molar-refractivity contribution is 5.50. The molecule has 1 aromatic carbocycles. The van der Waals surface area contributed by atoms with Crippen molar-refractivity contribution >= 4 is 5.69 Å². The minimum Gasteiger partial charge on any atom is -0.396 e. The van der Waals surface area contributed by atoms with Crippen LogP contribution < -0.4 is 5.73 Å². The van der Waals surface area contributed by atoms with Crippen molar-refractivity contribution < 1.29 is 4.39 Å². The molecule has 0 saturated heterocycles. The summed E-state index contributed by atoms with van der Waals surface area (Å²) in [7, 11) is 0. The Morgan fingerprint density at radius 3 is 2.67 bits per heavy atom. The second kappa shape index (κ2) is 2.47. The van der Waals surface area contributed by atoms with E-state index in [4.69, 9.17) is 5.73 Å². The Morgan fingerprint density at radius 2 is 2.17 bits per heavy atom. The van der Waals surface area contributed by atoms with Crippen LogP contribution in [0.4, 0.5) is 10.1 Å². The lowest BCUT2D eigenvalue weighted by Gasteiger charge is -2.00. The van der Waals surface area contributed by atoms with Crippen molar-refractivity contribution in [2.24, 2.45) is 5.92 Å². The van der Waals surface area contributed by atoms with Crippen molar-refractivity contribution in [1.29, 1.82) is 0 Å². The van der Waals surface area contributed by atoms with E-state index in [2.05, 4.69) is 6.92 Å². The minimum absolute atomic E-state index is 0.249. The molecule has 63 valence electrons. The predicted octanol–water partition coefficient (Wildman–Crippen LogP) is 2.37. The molecule has 0 aliphatic heterocycles. The van der Waals surface area contributed by atoms with Crippen LogP contribution in [0, 0.1) is 17.7 Å². The van der Waals surface area contributed by atoms with E-state index in [0.717, 1.165) is 12.0 Å². The predicted molar refractivity (Wildman–Crippen MR) is 46.9 cm³/mol. The molecule has 1 atom stereocenters. The highest BCUT2D eigenvalue weighted by Crippen LogP contribution is 2.46. The molecule has 1 aliphatic rings. The Hall–Kier alpha value is -1.05. The van der Waals surface area contributed by atoms with Crippen LogP contribution in [-0.4, -0.2) is 0 Å². The van der Waals surface area contributed by atoms with Crippen LogP contribution in [-0.2, 0) is 0 Å². The van der Waals surface area contributed by atoms with E-state index in [1.807, 2.05) is 0 Å². The van der Waals surface area contributed by atoms with Crippen LogP contribution in [0.15, 0.2) is 18.2 Å². The highest BCUT2D eigenvalue weighted by atomic mass is 19.1. The van der Waals surface area contributed by atoms with Gasteiger partial charge in [-0.15, -0.1) is 0 Å². The van der Waals surface area contributed by atoms with Gasteiger partial charge in [0.1, 0.15) is 5.82 Å². The molecule has 1 aromatic rings. The molecule has 1 unspecified atom stereocenters. The maximum atomic E-state index is 12.7. The molecule has 1 nitrogen and oxygen atoms in total. The number of anilines is 1. The molecule has 12 heavy (non-hydrogen) atoms. The van der Waals surface area contributed by atoms with Gasteiger partial charge in [-0.3, -0.25) is 0 Å². The quantitative estimate of drug-likeness (QED) is 0.633. The van der Waals surface area contributed by atoms with Gasteiger partial charge in [-0.05, 0) is 30.0 Å². The largest absolute Gasteiger partial charge is 0.396 e. The molecule has 1 fully saturated rings. The van der Waals surface area contributed by atoms with Crippen molar-refractivity contribution in [2.45, 2.75) is 13.3 Å². The van der Waals surface area contributed by atoms with E-state index in [1.54, 1.807) is 12.1 Å². The average Bonchev–Trinajstić information content (AvgIpc) is 2.73. The van der Waals surface area contributed by atoms with Crippen LogP contribution in [0.1, 0.15) is 18.9 Å². The molecule has 2 heteroatoms. The fourth-order valence-corrected chi connectivity index (χ4v) is 1.42. The van der Waals surface area contributed by atoms with Gasteiger partial charge in [0.15, 0.2) is 0 Å². The molecule has 2 rings (SSSR count). The minimum atomic E-state index is -0.326. The first-order valence-electron chi connectivity index (χ1n) is 4.09. The van der Waals surface area contributed by atoms with Gasteiger partial charge in [-0.2, -0.15) is 0 Å². The summed E-state index contributed by atoms with van der Waals surface area (Å²) in [5, 5.41) is 0. The van der Waals surface area contributed by atoms with Gasteiger partial charge in [0.25, 0.3) is 0 Å². The van der Waals surface area contributed by atoms with Crippen molar-refractivity contribution in [1.82, 2.24) is 0 Å². The highest BCUT2D eigenvalue weighted by Gasteiger charge is 2.34. The maximum absolute atomic E-state index is 12.7. The molecular weight excluding hydrogens is 153 g/mol. The zero-order chi connectivity index (χ0) is 8.72. The molecule has 0 aromatic heterocycles. The fourth-order valence-electron chi connectivity index (χ4n) is 1.42. The molecule has 1 aliphatic carbocycles. The second-order valence-electron chi connectivity index (χ2n) is 3.37. The lowest BCUT2D eigenvalue weighted by molar-refractivity contribution is 0.632. The number of rotatable bonds is 1. The van der Waals surface area contributed by atoms with E-state index < -0.39 is 0 Å². The van der Waals surface area contributed by atoms with Gasteiger partial charge >= 0.3 is 0 Å². The first-order chi connectivity index (χ1) is 5.68. The molecule has 1 saturated carbocycles. The summed E-state index contributed by atoms with van der Waals surface area (Å²) in [6.07, 6.45) is 1.13. The van der Waals surface area contributed by atoms with E-state index in [-0.39, 0.29) is 11.5 Å². The Kier molecular flexibility index (Phi) is 1.56. The van der Waals surface area contributed by atoms with Gasteiger partial charge in [0.2, 0.25) is 0 Å². The topological polar surface area (TPSA) is 26.0 Å². The van der Waals surface area contributed by atoms with Gasteiger partial charge in [-0.25, -0.2) is 4.39 Å². The second-order valence-corrected chi connectivity index (χ2v) is 3.37. The molecule has 0 heterocycles. The van der Waals surface area contributed by atoms with Gasteiger partial charge < -0.3 is 5.73 Å². The van der Waals surface area contributed by atoms with Crippen molar-refractivity contribution in [3.05, 3.63) is 35.5 Å². The molecular formula is C10H11FN. The van der Waals surface area contributed by atoms with E-state index in [1.165, 1.54) is 12.0 Å². The van der Waals surface area contributed by atoms with Gasteiger partial charge in [0, 0.05) is 5.92 Å². The summed E-state index contributed by atoms with van der Waals surface area (Å²) >= 11 is 0. The van der Waals surface area contributed by atoms with Gasteiger partial charge in [-0.1, -0.05) is 13.0 Å². The lowest BCUT2D eigenvalue weighted by Crippen LogP contribution is -1.92. The average molecular weight is 164 g/mol. The Morgan fingerprint density at radius 1 is 1.50 bits per heavy atom. The Labute approximate surface area is 71.4 Å². The Bertz CT molecular complexity index is 309. The van der Waals surface area contributed by atoms with E-state index in [9.17, 15) is 4.39 Å². The number of benzene rings is 1. The standard InChI is InChI=1S/C10H11FN/c1-6-4-8(6)7-2-3-9(11)10(12)5-7/h2-3,5-6H,4,12H2,1H3. The third-order valence-corrected chi connectivity index (χ3v) is 2.33. The number of halogens is 1. The maximum Gasteiger partial charge on any atom is 0.146 e. The summed E-state index contributed by atoms with van der Waals surface area (Å²) in [5.41, 5.74) is 6.79. The first-order valence-corrected chi connectivity index (χ1v) is 4.09. The summed E-state index contributed by atoms with van der Waals surface area (Å²) < 4.78 is 12.7. The van der Waals surface area contributed by atoms with E-state index >= 15 is 0 Å². The van der Waals surface area contributed by atoms with Crippen LogP contribution in [0.5, 0.6) is 0 Å². The third kappa shape index (κ3) is 1.17. The monoisotopic (exact) mass is 164 g/mol. The summed E-state index contributed by atoms with van der Waals surface area (Å²) in [6, 6.07) is 4.95. The zero-order valence-electron chi connectivity index (χ0n) is 6.97. The zero-order valence-corrected chi connectivity index (χ0v) is 6.97. The number of nitrogens with two attached hydrogens (primary N) is 1. The summed E-state index contributed by atoms with van der Waals surface area (Å²) in [4.78, 5) is 0. The first kappa shape index (κ1) is 7.59. The van der Waals surface area contributed by atoms with Crippen LogP contribution in [0.3, 0.4) is 0 Å². The number of nitrogen functional groups attached to an aromatic ring is 1. The normalized spacial score (nSPS) is 22.7. The lowest BCUT2D eigenvalue weighted by atomic mass is 10.1. The fraction of sp³-hybridized carbons (Fsp3) is 0.300. The number of hydrogen-bond donors (Lipinski definition) is 1. The van der Waals surface area contributed by atoms with Crippen LogP contribution in [0.25, 0.3) is 0 Å². The molecule has 0 amide bonds. The van der Waals surface area contributed by atoms with Crippen LogP contribution >= 0.6 is 0 Å². The van der Waals surface area contributed by atoms with Crippen molar-refractivity contribution in [3.63, 3.8) is 0 Å². The van der Waals surface area contributed by atoms with Crippen molar-refractivity contribution in [2.75, 3.05) is 5.73 Å². The molecule has 2 N–H and O–H groups in total. The molecule has 0 spiro atoms. The van der Waals surface area contributed by atoms with Crippen LogP contribution in [0.2, 0.25) is 0 Å².